The molecule has 0 radical (unpaired) electrons. The first-order valence-electron chi connectivity index (χ1n) is 16.5. The zero-order valence-electron chi connectivity index (χ0n) is 28.5. The van der Waals surface area contributed by atoms with E-state index < -0.39 is 30.1 Å². The molecule has 0 saturated carbocycles. The van der Waals surface area contributed by atoms with Crippen LogP contribution in [0.25, 0.3) is 11.1 Å². The maximum Gasteiger partial charge on any atom is 0.410 e. The molecule has 2 amide bonds. The number of nitrogens with one attached hydrogen (secondary N) is 1. The van der Waals surface area contributed by atoms with Crippen LogP contribution < -0.4 is 10.1 Å². The van der Waals surface area contributed by atoms with Crippen molar-refractivity contribution in [3.63, 3.8) is 0 Å². The summed E-state index contributed by atoms with van der Waals surface area (Å²) < 4.78 is 11.7. The molecule has 256 valence electrons. The molecule has 4 aromatic carbocycles. The fraction of sp³-hybridized carbons (Fsp3) is 0.325. The number of carbonyl (C=O) groups is 3. The molecular formula is C40H43ClN2O6. The lowest BCUT2D eigenvalue weighted by Gasteiger charge is -2.36. The predicted molar refractivity (Wildman–Crippen MR) is 191 cm³/mol. The maximum absolute atomic E-state index is 13.8. The topological polar surface area (TPSA) is 105 Å². The highest BCUT2D eigenvalue weighted by atomic mass is 35.5. The van der Waals surface area contributed by atoms with Crippen molar-refractivity contribution >= 4 is 29.6 Å². The molecule has 2 N–H and O–H groups in total. The lowest BCUT2D eigenvalue weighted by molar-refractivity contribution is -0.142. The Labute approximate surface area is 293 Å². The second kappa shape index (κ2) is 15.2. The van der Waals surface area contributed by atoms with Crippen LogP contribution in [0.1, 0.15) is 56.9 Å². The van der Waals surface area contributed by atoms with Crippen molar-refractivity contribution in [3.8, 4) is 22.6 Å². The first-order chi connectivity index (χ1) is 23.3. The van der Waals surface area contributed by atoms with Gasteiger partial charge in [-0.25, -0.2) is 9.59 Å². The van der Waals surface area contributed by atoms with Crippen molar-refractivity contribution in [3.05, 3.63) is 118 Å². The van der Waals surface area contributed by atoms with E-state index in [9.17, 15) is 19.5 Å². The summed E-state index contributed by atoms with van der Waals surface area (Å²) >= 11 is 6.01. The van der Waals surface area contributed by atoms with Gasteiger partial charge in [0, 0.05) is 17.9 Å². The van der Waals surface area contributed by atoms with Gasteiger partial charge in [0.15, 0.2) is 0 Å². The van der Waals surface area contributed by atoms with Gasteiger partial charge in [-0.1, -0.05) is 101 Å². The van der Waals surface area contributed by atoms with Crippen molar-refractivity contribution in [2.75, 3.05) is 6.61 Å². The summed E-state index contributed by atoms with van der Waals surface area (Å²) in [6.07, 6.45) is -0.366. The fourth-order valence-corrected chi connectivity index (χ4v) is 5.84. The van der Waals surface area contributed by atoms with E-state index in [4.69, 9.17) is 21.1 Å². The van der Waals surface area contributed by atoms with Gasteiger partial charge in [0.1, 0.15) is 23.6 Å². The first kappa shape index (κ1) is 35.5. The van der Waals surface area contributed by atoms with Crippen molar-refractivity contribution in [1.29, 1.82) is 0 Å². The normalized spacial score (nSPS) is 14.9. The Balaban J connectivity index is 1.32. The number of ether oxygens (including phenoxy) is 2. The number of hydrogen-bond donors (Lipinski definition) is 2. The van der Waals surface area contributed by atoms with Gasteiger partial charge in [-0.2, -0.15) is 0 Å². The molecule has 1 aliphatic rings. The van der Waals surface area contributed by atoms with Crippen LogP contribution in [0.15, 0.2) is 91.0 Å². The maximum atomic E-state index is 13.8. The number of carboxylic acids is 1. The summed E-state index contributed by atoms with van der Waals surface area (Å²) in [4.78, 5) is 40.9. The molecule has 0 spiro atoms. The molecule has 5 rings (SSSR count). The average molecular weight is 683 g/mol. The third kappa shape index (κ3) is 9.21. The fourth-order valence-electron chi connectivity index (χ4n) is 5.71. The summed E-state index contributed by atoms with van der Waals surface area (Å²) in [6.45, 7) is 10.6. The van der Waals surface area contributed by atoms with E-state index in [1.54, 1.807) is 0 Å². The Morgan fingerprint density at radius 3 is 2.08 bits per heavy atom. The molecule has 4 aromatic rings. The van der Waals surface area contributed by atoms with Gasteiger partial charge in [0.05, 0.1) is 13.2 Å². The molecule has 1 unspecified atom stereocenters. The summed E-state index contributed by atoms with van der Waals surface area (Å²) in [5.74, 6) is -0.336. The lowest BCUT2D eigenvalue weighted by Crippen LogP contribution is -2.56. The van der Waals surface area contributed by atoms with Gasteiger partial charge in [0.2, 0.25) is 5.91 Å². The van der Waals surface area contributed by atoms with Crippen LogP contribution in [0.5, 0.6) is 11.5 Å². The van der Waals surface area contributed by atoms with Crippen molar-refractivity contribution in [2.24, 2.45) is 5.92 Å². The lowest BCUT2D eigenvalue weighted by atomic mass is 9.87. The molecule has 0 aliphatic carbocycles. The van der Waals surface area contributed by atoms with Gasteiger partial charge < -0.3 is 19.9 Å². The molecular weight excluding hydrogens is 640 g/mol. The Bertz CT molecular complexity index is 1780. The summed E-state index contributed by atoms with van der Waals surface area (Å²) in [5, 5.41) is 13.4. The monoisotopic (exact) mass is 682 g/mol. The first-order valence-corrected chi connectivity index (χ1v) is 16.9. The molecule has 0 bridgehead atoms. The Morgan fingerprint density at radius 2 is 1.49 bits per heavy atom. The number of halogens is 1. The van der Waals surface area contributed by atoms with Crippen LogP contribution in [-0.4, -0.2) is 46.7 Å². The number of nitrogens with zero attached hydrogens (tertiary/aromatic N) is 1. The van der Waals surface area contributed by atoms with E-state index in [0.29, 0.717) is 16.5 Å². The molecule has 0 fully saturated rings. The number of carbonyl (C=O) groups excluding carboxylic acids is 2. The van der Waals surface area contributed by atoms with E-state index in [1.807, 2.05) is 105 Å². The van der Waals surface area contributed by atoms with Crippen molar-refractivity contribution < 1.29 is 29.0 Å². The third-order valence-electron chi connectivity index (χ3n) is 8.53. The standard InChI is InChI=1S/C40H43ClN2O6/c1-25(2)24-48-39(47)43-23-30-21-34(49-33-18-13-31(14-19-33)40(3,4)5)17-12-29(30)22-36(43)37(44)42-35(38(45)46)20-26-6-8-27(9-7-26)28-10-15-32(41)16-11-28/h6-19,21,25,35-36H,20,22-24H2,1-5H3,(H,42,44)(H,45,46)/t35-,36?/m0/s1. The molecule has 9 heteroatoms. The van der Waals surface area contributed by atoms with Crippen LogP contribution in [0.3, 0.4) is 0 Å². The number of fused-ring (bicyclic) bond motifs is 1. The van der Waals surface area contributed by atoms with Crippen molar-refractivity contribution in [1.82, 2.24) is 10.2 Å². The van der Waals surface area contributed by atoms with E-state index in [0.717, 1.165) is 27.8 Å². The minimum Gasteiger partial charge on any atom is -0.480 e. The number of amides is 2. The molecule has 49 heavy (non-hydrogen) atoms. The highest BCUT2D eigenvalue weighted by Gasteiger charge is 2.37. The Hall–Kier alpha value is -4.82. The highest BCUT2D eigenvalue weighted by molar-refractivity contribution is 6.30. The van der Waals surface area contributed by atoms with Crippen LogP contribution in [0.2, 0.25) is 5.02 Å². The molecule has 0 saturated heterocycles. The van der Waals surface area contributed by atoms with Crippen LogP contribution in [-0.2, 0) is 39.1 Å². The van der Waals surface area contributed by atoms with E-state index in [-0.39, 0.29) is 37.3 Å². The molecule has 8 nitrogen and oxygen atoms in total. The second-order valence-electron chi connectivity index (χ2n) is 13.9. The van der Waals surface area contributed by atoms with Gasteiger partial charge >= 0.3 is 12.1 Å². The smallest absolute Gasteiger partial charge is 0.410 e. The minimum absolute atomic E-state index is 0.0232. The molecule has 2 atom stereocenters. The van der Waals surface area contributed by atoms with Crippen LogP contribution >= 0.6 is 11.6 Å². The Morgan fingerprint density at radius 1 is 0.878 bits per heavy atom. The van der Waals surface area contributed by atoms with Crippen molar-refractivity contribution in [2.45, 2.75) is 71.5 Å². The summed E-state index contributed by atoms with van der Waals surface area (Å²) in [5.41, 5.74) is 5.60. The zero-order valence-corrected chi connectivity index (χ0v) is 29.3. The van der Waals surface area contributed by atoms with Gasteiger partial charge in [-0.15, -0.1) is 0 Å². The van der Waals surface area contributed by atoms with Gasteiger partial charge in [0.25, 0.3) is 0 Å². The number of aliphatic carboxylic acids is 1. The summed E-state index contributed by atoms with van der Waals surface area (Å²) in [6, 6.07) is 26.3. The second-order valence-corrected chi connectivity index (χ2v) is 14.4. The summed E-state index contributed by atoms with van der Waals surface area (Å²) in [7, 11) is 0. The largest absolute Gasteiger partial charge is 0.480 e. The number of benzene rings is 4. The molecule has 0 aromatic heterocycles. The van der Waals surface area contributed by atoms with E-state index in [1.165, 1.54) is 10.5 Å². The zero-order chi connectivity index (χ0) is 35.3. The van der Waals surface area contributed by atoms with Gasteiger partial charge in [-0.05, 0) is 81.1 Å². The molecule has 1 aliphatic heterocycles. The average Bonchev–Trinajstić information content (AvgIpc) is 3.06. The Kier molecular flexibility index (Phi) is 11.0. The third-order valence-corrected chi connectivity index (χ3v) is 8.78. The quantitative estimate of drug-likeness (QED) is 0.174. The van der Waals surface area contributed by atoms with E-state index >= 15 is 0 Å². The highest BCUT2D eigenvalue weighted by Crippen LogP contribution is 2.32. The minimum atomic E-state index is -1.20. The van der Waals surface area contributed by atoms with Gasteiger partial charge in [-0.3, -0.25) is 9.69 Å². The SMILES string of the molecule is CC(C)COC(=O)N1Cc2cc(Oc3ccc(C(C)(C)C)cc3)ccc2CC1C(=O)N[C@@H](Cc1ccc(-c2ccc(Cl)cc2)cc1)C(=O)O. The predicted octanol–water partition coefficient (Wildman–Crippen LogP) is 8.43. The molecule has 1 heterocycles. The number of hydrogen-bond acceptors (Lipinski definition) is 5. The number of rotatable bonds is 10. The van der Waals surface area contributed by atoms with Crippen LogP contribution in [0.4, 0.5) is 4.79 Å². The van der Waals surface area contributed by atoms with E-state index in [2.05, 4.69) is 26.1 Å². The number of carboxylic acid groups (broad SMARTS) is 1. The van der Waals surface area contributed by atoms with Crippen LogP contribution in [0, 0.1) is 5.92 Å².